The molecule has 1 atom stereocenters. The Balaban J connectivity index is 1.28. The molecule has 2 amide bonds. The number of nitrogens with zero attached hydrogens (tertiary/aromatic N) is 1. The van der Waals surface area contributed by atoms with Crippen LogP contribution in [-0.4, -0.2) is 73.8 Å². The highest BCUT2D eigenvalue weighted by atomic mass is 35.5. The average Bonchev–Trinajstić information content (AvgIpc) is 3.11. The second kappa shape index (κ2) is 10.1. The van der Waals surface area contributed by atoms with Crippen molar-refractivity contribution in [3.8, 4) is 17.2 Å². The zero-order valence-corrected chi connectivity index (χ0v) is 20.7. The van der Waals surface area contributed by atoms with Crippen molar-refractivity contribution in [2.24, 2.45) is 0 Å². The lowest BCUT2D eigenvalue weighted by Gasteiger charge is -2.39. The van der Waals surface area contributed by atoms with E-state index < -0.39 is 22.2 Å². The number of β-amino-alcohol motifs (C(OH)–C–C–N with tert-alkyl or cyclic N) is 1. The standard InChI is InChI=1S/C23H28ClN3O7S/c1-35(31,32)26-22(30)25-19-4-3-17(28)11-21(19)33-14-18(29)13-27-8-6-23(7-9-27)12-15-10-16(24)2-5-20(15)34-23/h2-5,10-11,18,28-29H,6-9,12-14H2,1H3,(H2,25,26,30)/t18-/m1/s1. The number of hydrogen-bond acceptors (Lipinski definition) is 8. The minimum atomic E-state index is -3.75. The number of benzene rings is 2. The molecule has 2 aliphatic rings. The number of aliphatic hydroxyl groups excluding tert-OH is 1. The van der Waals surface area contributed by atoms with Gasteiger partial charge in [-0.2, -0.15) is 0 Å². The monoisotopic (exact) mass is 525 g/mol. The third kappa shape index (κ3) is 6.69. The SMILES string of the molecule is CS(=O)(=O)NC(=O)Nc1ccc(O)cc1OC[C@H](O)CN1CCC2(CC1)Cc1cc(Cl)ccc1O2. The van der Waals surface area contributed by atoms with Gasteiger partial charge in [0.05, 0.1) is 11.9 Å². The summed E-state index contributed by atoms with van der Waals surface area (Å²) in [6.45, 7) is 1.80. The van der Waals surface area contributed by atoms with E-state index >= 15 is 0 Å². The number of anilines is 1. The number of fused-ring (bicyclic) bond motifs is 1. The van der Waals surface area contributed by atoms with E-state index in [1.54, 1.807) is 4.72 Å². The van der Waals surface area contributed by atoms with Crippen molar-refractivity contribution in [2.75, 3.05) is 37.8 Å². The number of likely N-dealkylation sites (tertiary alicyclic amines) is 1. The Morgan fingerprint density at radius 3 is 2.71 bits per heavy atom. The fourth-order valence-electron chi connectivity index (χ4n) is 4.41. The van der Waals surface area contributed by atoms with Crippen molar-refractivity contribution < 1.29 is 32.9 Å². The highest BCUT2D eigenvalue weighted by Gasteiger charge is 2.42. The van der Waals surface area contributed by atoms with Crippen LogP contribution in [0.3, 0.4) is 0 Å². The summed E-state index contributed by atoms with van der Waals surface area (Å²) < 4.78 is 36.2. The third-order valence-corrected chi connectivity index (χ3v) is 6.81. The van der Waals surface area contributed by atoms with Crippen LogP contribution in [0.15, 0.2) is 36.4 Å². The van der Waals surface area contributed by atoms with Crippen LogP contribution in [0.2, 0.25) is 5.02 Å². The second-order valence-electron chi connectivity index (χ2n) is 8.99. The molecule has 2 aliphatic heterocycles. The molecule has 2 aromatic rings. The topological polar surface area (TPSA) is 137 Å². The Hall–Kier alpha value is -2.73. The van der Waals surface area contributed by atoms with Gasteiger partial charge in [-0.05, 0) is 35.9 Å². The van der Waals surface area contributed by atoms with Crippen LogP contribution in [0.25, 0.3) is 0 Å². The molecular formula is C23H28ClN3O7S. The van der Waals surface area contributed by atoms with E-state index in [0.29, 0.717) is 11.6 Å². The van der Waals surface area contributed by atoms with Crippen molar-refractivity contribution in [1.29, 1.82) is 0 Å². The lowest BCUT2D eigenvalue weighted by Crippen LogP contribution is -2.49. The highest BCUT2D eigenvalue weighted by Crippen LogP contribution is 2.42. The average molecular weight is 526 g/mol. The van der Waals surface area contributed by atoms with Gasteiger partial charge in [0.25, 0.3) is 0 Å². The van der Waals surface area contributed by atoms with E-state index in [1.165, 1.54) is 18.2 Å². The maximum atomic E-state index is 11.9. The van der Waals surface area contributed by atoms with Gasteiger partial charge in [-0.3, -0.25) is 0 Å². The third-order valence-electron chi connectivity index (χ3n) is 6.02. The largest absolute Gasteiger partial charge is 0.508 e. The van der Waals surface area contributed by atoms with E-state index in [1.807, 2.05) is 18.2 Å². The van der Waals surface area contributed by atoms with Gasteiger partial charge < -0.3 is 29.9 Å². The Labute approximate surface area is 208 Å². The maximum Gasteiger partial charge on any atom is 0.332 e. The molecule has 0 saturated carbocycles. The summed E-state index contributed by atoms with van der Waals surface area (Å²) in [7, 11) is -3.75. The van der Waals surface area contributed by atoms with E-state index in [0.717, 1.165) is 49.9 Å². The number of urea groups is 1. The van der Waals surface area contributed by atoms with Crippen LogP contribution in [0.1, 0.15) is 18.4 Å². The molecular weight excluding hydrogens is 498 g/mol. The predicted octanol–water partition coefficient (Wildman–Crippen LogP) is 2.34. The van der Waals surface area contributed by atoms with E-state index in [9.17, 15) is 23.4 Å². The quantitative estimate of drug-likeness (QED) is 0.404. The molecule has 4 rings (SSSR count). The van der Waals surface area contributed by atoms with Crippen LogP contribution in [0.5, 0.6) is 17.2 Å². The van der Waals surface area contributed by atoms with Crippen molar-refractivity contribution in [2.45, 2.75) is 31.0 Å². The Bertz CT molecular complexity index is 1200. The number of carbonyl (C=O) groups is 1. The number of carbonyl (C=O) groups excluding carboxylic acids is 1. The molecule has 0 aliphatic carbocycles. The smallest absolute Gasteiger partial charge is 0.332 e. The lowest BCUT2D eigenvalue weighted by molar-refractivity contribution is -0.00192. The van der Waals surface area contributed by atoms with E-state index in [4.69, 9.17) is 21.1 Å². The first-order valence-electron chi connectivity index (χ1n) is 11.1. The molecule has 12 heteroatoms. The molecule has 0 unspecified atom stereocenters. The van der Waals surface area contributed by atoms with E-state index in [2.05, 4.69) is 10.2 Å². The summed E-state index contributed by atoms with van der Waals surface area (Å²) in [5.74, 6) is 0.877. The van der Waals surface area contributed by atoms with Crippen LogP contribution in [0, 0.1) is 0 Å². The summed E-state index contributed by atoms with van der Waals surface area (Å²) >= 11 is 6.11. The number of sulfonamides is 1. The zero-order chi connectivity index (χ0) is 25.2. The van der Waals surface area contributed by atoms with Gasteiger partial charge in [-0.25, -0.2) is 17.9 Å². The summed E-state index contributed by atoms with van der Waals surface area (Å²) in [4.78, 5) is 14.0. The van der Waals surface area contributed by atoms with Gasteiger partial charge in [-0.15, -0.1) is 0 Å². The molecule has 1 fully saturated rings. The molecule has 10 nitrogen and oxygen atoms in total. The number of rotatable bonds is 7. The second-order valence-corrected chi connectivity index (χ2v) is 11.2. The molecule has 4 N–H and O–H groups in total. The normalized spacial score (nSPS) is 17.9. The van der Waals surface area contributed by atoms with Crippen molar-refractivity contribution in [3.63, 3.8) is 0 Å². The first kappa shape index (κ1) is 25.4. The van der Waals surface area contributed by atoms with Gasteiger partial charge in [-0.1, -0.05) is 11.6 Å². The van der Waals surface area contributed by atoms with Crippen LogP contribution in [0.4, 0.5) is 10.5 Å². The number of amides is 2. The van der Waals surface area contributed by atoms with Gasteiger partial charge in [0.2, 0.25) is 10.0 Å². The minimum Gasteiger partial charge on any atom is -0.508 e. The van der Waals surface area contributed by atoms with Crippen molar-refractivity contribution >= 4 is 33.3 Å². The Morgan fingerprint density at radius 1 is 1.26 bits per heavy atom. The van der Waals surface area contributed by atoms with Gasteiger partial charge in [0, 0.05) is 50.0 Å². The molecule has 190 valence electrons. The molecule has 2 heterocycles. The van der Waals surface area contributed by atoms with Crippen LogP contribution < -0.4 is 19.5 Å². The molecule has 35 heavy (non-hydrogen) atoms. The van der Waals surface area contributed by atoms with Gasteiger partial charge in [0.1, 0.15) is 35.6 Å². The van der Waals surface area contributed by atoms with Gasteiger partial charge >= 0.3 is 6.03 Å². The fraction of sp³-hybridized carbons (Fsp3) is 0.435. The Kier molecular flexibility index (Phi) is 7.32. The number of ether oxygens (including phenoxy) is 2. The number of nitrogens with one attached hydrogen (secondary N) is 2. The van der Waals surface area contributed by atoms with Crippen LogP contribution >= 0.6 is 11.6 Å². The lowest BCUT2D eigenvalue weighted by atomic mass is 9.87. The zero-order valence-electron chi connectivity index (χ0n) is 19.2. The Morgan fingerprint density at radius 2 is 2.00 bits per heavy atom. The minimum absolute atomic E-state index is 0.0894. The number of halogens is 1. The van der Waals surface area contributed by atoms with Crippen LogP contribution in [-0.2, 0) is 16.4 Å². The van der Waals surface area contributed by atoms with Crippen molar-refractivity contribution in [1.82, 2.24) is 9.62 Å². The van der Waals surface area contributed by atoms with Gasteiger partial charge in [0.15, 0.2) is 0 Å². The first-order valence-corrected chi connectivity index (χ1v) is 13.4. The number of phenolic OH excluding ortho intramolecular Hbond substituents is 1. The summed E-state index contributed by atoms with van der Waals surface area (Å²) in [5, 5.41) is 23.4. The number of aromatic hydroxyl groups is 1. The summed E-state index contributed by atoms with van der Waals surface area (Å²) in [6.07, 6.45) is 2.49. The van der Waals surface area contributed by atoms with E-state index in [-0.39, 0.29) is 29.4 Å². The molecule has 1 saturated heterocycles. The number of phenols is 1. The number of hydrogen-bond donors (Lipinski definition) is 4. The highest BCUT2D eigenvalue weighted by molar-refractivity contribution is 7.89. The first-order chi connectivity index (χ1) is 16.5. The number of piperidine rings is 1. The maximum absolute atomic E-state index is 11.9. The predicted molar refractivity (Wildman–Crippen MR) is 131 cm³/mol. The molecule has 0 aromatic heterocycles. The van der Waals surface area contributed by atoms with Crippen molar-refractivity contribution in [3.05, 3.63) is 47.0 Å². The molecule has 1 spiro atoms. The summed E-state index contributed by atoms with van der Waals surface area (Å²) in [5.41, 5.74) is 1.04. The molecule has 0 radical (unpaired) electrons. The molecule has 0 bridgehead atoms. The molecule has 2 aromatic carbocycles. The number of aliphatic hydroxyl groups is 1. The summed E-state index contributed by atoms with van der Waals surface area (Å²) in [6, 6.07) is 8.69. The fourth-order valence-corrected chi connectivity index (χ4v) is 4.99.